The van der Waals surface area contributed by atoms with E-state index in [4.69, 9.17) is 4.74 Å². The van der Waals surface area contributed by atoms with Gasteiger partial charge in [-0.15, -0.1) is 0 Å². The molecule has 2 amide bonds. The number of hydrogen-bond donors (Lipinski definition) is 1. The van der Waals surface area contributed by atoms with E-state index in [2.05, 4.69) is 5.32 Å². The molecule has 0 aliphatic carbocycles. The fourth-order valence-electron chi connectivity index (χ4n) is 2.52. The molecule has 5 heteroatoms. The van der Waals surface area contributed by atoms with E-state index in [1.165, 1.54) is 0 Å². The summed E-state index contributed by atoms with van der Waals surface area (Å²) in [6.07, 6.45) is 0.734. The van der Waals surface area contributed by atoms with Crippen molar-refractivity contribution in [3.8, 4) is 0 Å². The molecule has 5 nitrogen and oxygen atoms in total. The molecule has 1 fully saturated rings. The number of piperazine rings is 1. The van der Waals surface area contributed by atoms with Gasteiger partial charge in [0.15, 0.2) is 0 Å². The van der Waals surface area contributed by atoms with E-state index in [9.17, 15) is 9.59 Å². The first kappa shape index (κ1) is 16.0. The lowest BCUT2D eigenvalue weighted by atomic mass is 9.81. The molecule has 0 aromatic heterocycles. The quantitative estimate of drug-likeness (QED) is 0.780. The summed E-state index contributed by atoms with van der Waals surface area (Å²) in [7, 11) is 1.63. The smallest absolute Gasteiger partial charge is 0.248 e. The normalized spacial score (nSPS) is 23.5. The second-order valence-electron chi connectivity index (χ2n) is 6.73. The minimum atomic E-state index is -0.827. The van der Waals surface area contributed by atoms with Gasteiger partial charge in [-0.2, -0.15) is 0 Å². The van der Waals surface area contributed by atoms with Gasteiger partial charge in [-0.25, -0.2) is 0 Å². The molecule has 110 valence electrons. The minimum absolute atomic E-state index is 0.0249. The van der Waals surface area contributed by atoms with E-state index >= 15 is 0 Å². The average molecular weight is 270 g/mol. The zero-order valence-electron chi connectivity index (χ0n) is 12.9. The Morgan fingerprint density at radius 1 is 1.32 bits per heavy atom. The van der Waals surface area contributed by atoms with Crippen LogP contribution in [0.25, 0.3) is 0 Å². The Labute approximate surface area is 115 Å². The van der Waals surface area contributed by atoms with Gasteiger partial charge >= 0.3 is 0 Å². The van der Waals surface area contributed by atoms with Crippen LogP contribution in [0.2, 0.25) is 0 Å². The van der Waals surface area contributed by atoms with Gasteiger partial charge < -0.3 is 15.0 Å². The lowest BCUT2D eigenvalue weighted by molar-refractivity contribution is -0.158. The van der Waals surface area contributed by atoms with Gasteiger partial charge in [0.25, 0.3) is 0 Å². The number of hydrogen-bond acceptors (Lipinski definition) is 3. The Morgan fingerprint density at radius 3 is 2.37 bits per heavy atom. The van der Waals surface area contributed by atoms with E-state index in [0.717, 1.165) is 6.42 Å². The first-order valence-corrected chi connectivity index (χ1v) is 6.73. The van der Waals surface area contributed by atoms with E-state index in [1.54, 1.807) is 25.9 Å². The molecule has 1 rings (SSSR count). The Hall–Kier alpha value is -1.10. The van der Waals surface area contributed by atoms with Gasteiger partial charge in [0.05, 0.1) is 0 Å². The summed E-state index contributed by atoms with van der Waals surface area (Å²) < 4.78 is 5.03. The maximum atomic E-state index is 12.5. The van der Waals surface area contributed by atoms with Crippen molar-refractivity contribution < 1.29 is 14.3 Å². The lowest BCUT2D eigenvalue weighted by Gasteiger charge is -2.47. The van der Waals surface area contributed by atoms with Crippen molar-refractivity contribution in [1.82, 2.24) is 10.2 Å². The largest absolute Gasteiger partial charge is 0.385 e. The predicted octanol–water partition coefficient (Wildman–Crippen LogP) is 1.17. The van der Waals surface area contributed by atoms with Gasteiger partial charge in [-0.3, -0.25) is 9.59 Å². The number of methoxy groups -OCH3 is 1. The van der Waals surface area contributed by atoms with Crippen LogP contribution in [0.15, 0.2) is 0 Å². The van der Waals surface area contributed by atoms with Crippen LogP contribution in [0.3, 0.4) is 0 Å². The molecule has 1 unspecified atom stereocenters. The first-order valence-electron chi connectivity index (χ1n) is 6.73. The third kappa shape index (κ3) is 3.47. The van der Waals surface area contributed by atoms with Gasteiger partial charge in [0, 0.05) is 20.3 Å². The summed E-state index contributed by atoms with van der Waals surface area (Å²) in [6, 6.07) is -0.426. The van der Waals surface area contributed by atoms with Gasteiger partial charge in [0.2, 0.25) is 11.8 Å². The lowest BCUT2D eigenvalue weighted by Crippen LogP contribution is -2.70. The standard InChI is InChI=1S/C14H26N2O3/c1-13(2,3)10-11(17)15-14(4,5)12(18)16(10)8-7-9-19-6/h10H,7-9H2,1-6H3,(H,15,17). The third-order valence-corrected chi connectivity index (χ3v) is 3.36. The van der Waals surface area contributed by atoms with Gasteiger partial charge in [-0.05, 0) is 25.7 Å². The Balaban J connectivity index is 2.99. The molecule has 1 aliphatic rings. The first-order chi connectivity index (χ1) is 8.61. The molecular formula is C14H26N2O3. The monoisotopic (exact) mass is 270 g/mol. The molecule has 0 aromatic rings. The molecule has 0 saturated carbocycles. The summed E-state index contributed by atoms with van der Waals surface area (Å²) in [5, 5.41) is 2.82. The molecule has 1 heterocycles. The van der Waals surface area contributed by atoms with Crippen LogP contribution in [0, 0.1) is 5.41 Å². The zero-order chi connectivity index (χ0) is 14.8. The summed E-state index contributed by atoms with van der Waals surface area (Å²) in [4.78, 5) is 26.5. The average Bonchev–Trinajstić information content (AvgIpc) is 2.22. The molecule has 19 heavy (non-hydrogen) atoms. The van der Waals surface area contributed by atoms with Crippen molar-refractivity contribution in [1.29, 1.82) is 0 Å². The van der Waals surface area contributed by atoms with Crippen molar-refractivity contribution >= 4 is 11.8 Å². The number of nitrogens with one attached hydrogen (secondary N) is 1. The van der Waals surface area contributed by atoms with Gasteiger partial charge in [0.1, 0.15) is 11.6 Å². The number of carbonyl (C=O) groups excluding carboxylic acids is 2. The van der Waals surface area contributed by atoms with Crippen molar-refractivity contribution in [3.05, 3.63) is 0 Å². The number of ether oxygens (including phenoxy) is 1. The summed E-state index contributed by atoms with van der Waals surface area (Å²) in [5.74, 6) is -0.0994. The number of rotatable bonds is 4. The summed E-state index contributed by atoms with van der Waals surface area (Å²) >= 11 is 0. The highest BCUT2D eigenvalue weighted by Gasteiger charge is 2.49. The highest BCUT2D eigenvalue weighted by molar-refractivity contribution is 5.99. The number of nitrogens with zero attached hydrogens (tertiary/aromatic N) is 1. The summed E-state index contributed by atoms with van der Waals surface area (Å²) in [6.45, 7) is 10.6. The second kappa shape index (κ2) is 5.49. The van der Waals surface area contributed by atoms with Crippen molar-refractivity contribution in [2.75, 3.05) is 20.3 Å². The Morgan fingerprint density at radius 2 is 1.89 bits per heavy atom. The van der Waals surface area contributed by atoms with E-state index in [-0.39, 0.29) is 17.2 Å². The zero-order valence-corrected chi connectivity index (χ0v) is 12.9. The molecule has 0 radical (unpaired) electrons. The van der Waals surface area contributed by atoms with Crippen LogP contribution in [0.5, 0.6) is 0 Å². The van der Waals surface area contributed by atoms with Crippen LogP contribution < -0.4 is 5.32 Å². The molecule has 1 aliphatic heterocycles. The van der Waals surface area contributed by atoms with E-state index in [1.807, 2.05) is 20.8 Å². The number of amides is 2. The van der Waals surface area contributed by atoms with Crippen LogP contribution in [0.1, 0.15) is 41.0 Å². The Bertz CT molecular complexity index is 358. The molecule has 0 spiro atoms. The molecule has 1 saturated heterocycles. The predicted molar refractivity (Wildman–Crippen MR) is 73.7 cm³/mol. The van der Waals surface area contributed by atoms with Crippen molar-refractivity contribution in [2.24, 2.45) is 5.41 Å². The highest BCUT2D eigenvalue weighted by Crippen LogP contribution is 2.30. The maximum Gasteiger partial charge on any atom is 0.248 e. The van der Waals surface area contributed by atoms with Crippen molar-refractivity contribution in [3.63, 3.8) is 0 Å². The Kier molecular flexibility index (Phi) is 4.61. The van der Waals surface area contributed by atoms with Crippen LogP contribution >= 0.6 is 0 Å². The van der Waals surface area contributed by atoms with Crippen LogP contribution in [-0.2, 0) is 14.3 Å². The maximum absolute atomic E-state index is 12.5. The molecule has 0 bridgehead atoms. The third-order valence-electron chi connectivity index (χ3n) is 3.36. The van der Waals surface area contributed by atoms with E-state index < -0.39 is 11.6 Å². The second-order valence-corrected chi connectivity index (χ2v) is 6.73. The highest BCUT2D eigenvalue weighted by atomic mass is 16.5. The van der Waals surface area contributed by atoms with Crippen LogP contribution in [0.4, 0.5) is 0 Å². The van der Waals surface area contributed by atoms with Crippen LogP contribution in [-0.4, -0.2) is 48.6 Å². The molecular weight excluding hydrogens is 244 g/mol. The fourth-order valence-corrected chi connectivity index (χ4v) is 2.52. The van der Waals surface area contributed by atoms with Crippen molar-refractivity contribution in [2.45, 2.75) is 52.6 Å². The topological polar surface area (TPSA) is 58.6 Å². The molecule has 0 aromatic carbocycles. The SMILES string of the molecule is COCCCN1C(=O)C(C)(C)NC(=O)C1C(C)(C)C. The molecule has 1 N–H and O–H groups in total. The van der Waals surface area contributed by atoms with Gasteiger partial charge in [-0.1, -0.05) is 20.8 Å². The number of carbonyl (C=O) groups is 2. The summed E-state index contributed by atoms with van der Waals surface area (Å²) in [5.41, 5.74) is -1.12. The molecule has 1 atom stereocenters. The van der Waals surface area contributed by atoms with E-state index in [0.29, 0.717) is 13.2 Å². The minimum Gasteiger partial charge on any atom is -0.385 e. The fraction of sp³-hybridized carbons (Fsp3) is 0.857.